The molecule has 15 amide bonds. The number of likely N-dealkylation sites (N-methyl/N-ethyl adjacent to an activating group) is 1. The summed E-state index contributed by atoms with van der Waals surface area (Å²) >= 11 is 0. The van der Waals surface area contributed by atoms with Crippen LogP contribution in [0.15, 0.2) is 30.5 Å². The quantitative estimate of drug-likeness (QED) is 0.0220. The number of methoxy groups -OCH3 is 1. The number of carboxylic acid groups (broad SMARTS) is 4. The first-order valence-electron chi connectivity index (χ1n) is 38.1. The number of carbonyl (C=O) groups excluding carboxylic acids is 16. The molecule has 24 N–H and O–H groups in total. The number of aromatic amines is 1. The lowest BCUT2D eigenvalue weighted by Gasteiger charge is -2.33. The first-order chi connectivity index (χ1) is 55.1. The number of cyclic esters (lactones) is 1. The molecule has 3 rings (SSSR count). The minimum absolute atomic E-state index is 0.00460. The van der Waals surface area contributed by atoms with Gasteiger partial charge in [0.1, 0.15) is 72.6 Å². The average molecular weight is 1660 g/mol. The Morgan fingerprint density at radius 3 is 1.82 bits per heavy atom. The van der Waals surface area contributed by atoms with Crippen LogP contribution in [0.25, 0.3) is 10.9 Å². The van der Waals surface area contributed by atoms with Crippen molar-refractivity contribution in [2.24, 2.45) is 29.0 Å². The Kier molecular flexibility index (Phi) is 42.2. The number of carboxylic acids is 4. The summed E-state index contributed by atoms with van der Waals surface area (Å²) in [7, 11) is 1.70. The molecule has 44 nitrogen and oxygen atoms in total. The Hall–Kier alpha value is -12.0. The number of nitrogens with zero attached hydrogens (tertiary/aromatic N) is 1. The fourth-order valence-corrected chi connectivity index (χ4v) is 12.2. The molecule has 1 saturated heterocycles. The van der Waals surface area contributed by atoms with E-state index in [-0.39, 0.29) is 45.1 Å². The molecule has 1 aliphatic rings. The van der Waals surface area contributed by atoms with Gasteiger partial charge >= 0.3 is 29.8 Å². The van der Waals surface area contributed by atoms with Crippen LogP contribution in [0.4, 0.5) is 0 Å². The molecule has 0 aliphatic carbocycles. The fraction of sp³-hybridized carbons (Fsp3) is 0.616. The first kappa shape index (κ1) is 99.2. The Bertz CT molecular complexity index is 3880. The number of unbranched alkanes of at least 4 members (excludes halogenated alkanes) is 7. The molecule has 117 heavy (non-hydrogen) atoms. The van der Waals surface area contributed by atoms with Gasteiger partial charge in [0.2, 0.25) is 88.6 Å². The van der Waals surface area contributed by atoms with Crippen molar-refractivity contribution < 1.29 is 131 Å². The molecular weight excluding hydrogens is 1550 g/mol. The van der Waals surface area contributed by atoms with Crippen molar-refractivity contribution in [3.8, 4) is 0 Å². The van der Waals surface area contributed by atoms with Crippen LogP contribution in [0.3, 0.4) is 0 Å². The number of esters is 1. The predicted octanol–water partition coefficient (Wildman–Crippen LogP) is -5.83. The minimum Gasteiger partial charge on any atom is -0.481 e. The highest BCUT2D eigenvalue weighted by Crippen LogP contribution is 2.22. The van der Waals surface area contributed by atoms with E-state index in [0.29, 0.717) is 34.2 Å². The Labute approximate surface area is 672 Å². The topological polar surface area (TPSA) is 702 Å². The maximum atomic E-state index is 15.0. The Morgan fingerprint density at radius 2 is 1.22 bits per heavy atom. The van der Waals surface area contributed by atoms with E-state index in [0.717, 1.165) is 67.0 Å². The van der Waals surface area contributed by atoms with Crippen molar-refractivity contribution >= 4 is 129 Å². The number of aliphatic hydroxyl groups is 1. The third kappa shape index (κ3) is 33.4. The third-order valence-corrected chi connectivity index (χ3v) is 19.0. The van der Waals surface area contributed by atoms with Crippen molar-refractivity contribution in [1.29, 1.82) is 0 Å². The SMILES string of the molecule is CCCCCCCCCC(=O)N[C@@H](Cc1c[nH]c2ccccc12)C(=O)N[C@H](CCC(=O)O)C(=O)N[C@H](C(=O)N[C@@H]1C(=O)N(C)CC(=O)N[C@@H](C)C(=O)N[C@@H](CC(=O)O)C(=O)N[C@H](CCCCN)C(=O)N[C@@H]([C@@H](OC)C(=O)O)C(=O)NCC(=O)N[C@H](CC(N)=O)C(=O)N[C@@H]([C@H](C)CC(=O)O)C(=O)N[C@@H]([C@@H](C)CC)C(=O)O[C@@H]1C)[C@@H](O)C(N)=O. The van der Waals surface area contributed by atoms with E-state index in [4.69, 9.17) is 26.7 Å². The summed E-state index contributed by atoms with van der Waals surface area (Å²) in [5.41, 5.74) is 17.8. The number of amides is 15. The van der Waals surface area contributed by atoms with Gasteiger partial charge in [-0.05, 0) is 76.0 Å². The smallest absolute Gasteiger partial charge is 0.335 e. The molecular formula is C73H111N17O27. The van der Waals surface area contributed by atoms with Crippen LogP contribution in [0.5, 0.6) is 0 Å². The van der Waals surface area contributed by atoms with Crippen LogP contribution in [-0.4, -0.2) is 272 Å². The number of primary amides is 2. The zero-order valence-electron chi connectivity index (χ0n) is 66.4. The fourth-order valence-electron chi connectivity index (χ4n) is 12.2. The maximum Gasteiger partial charge on any atom is 0.335 e. The van der Waals surface area contributed by atoms with E-state index < -0.39 is 260 Å². The van der Waals surface area contributed by atoms with Crippen molar-refractivity contribution in [3.05, 3.63) is 36.0 Å². The number of nitrogens with one attached hydrogen (secondary N) is 13. The summed E-state index contributed by atoms with van der Waals surface area (Å²) in [6.45, 7) is 5.66. The molecule has 2 heterocycles. The molecule has 2 aromatic rings. The van der Waals surface area contributed by atoms with E-state index in [1.165, 1.54) is 13.8 Å². The second-order valence-electron chi connectivity index (χ2n) is 28.4. The first-order valence-corrected chi connectivity index (χ1v) is 38.1. The number of H-pyrrole nitrogens is 1. The lowest BCUT2D eigenvalue weighted by atomic mass is 9.94. The highest BCUT2D eigenvalue weighted by molar-refractivity contribution is 6.03. The van der Waals surface area contributed by atoms with Gasteiger partial charge in [-0.1, -0.05) is 90.8 Å². The second kappa shape index (κ2) is 49.7. The molecule has 0 saturated carbocycles. The number of fused-ring (bicyclic) bond motifs is 1. The molecule has 0 radical (unpaired) electrons. The molecule has 1 fully saturated rings. The van der Waals surface area contributed by atoms with Crippen LogP contribution in [-0.2, 0) is 112 Å². The molecule has 16 atom stereocenters. The molecule has 44 heteroatoms. The highest BCUT2D eigenvalue weighted by atomic mass is 16.5. The lowest BCUT2D eigenvalue weighted by Crippen LogP contribution is -2.64. The maximum absolute atomic E-state index is 15.0. The van der Waals surface area contributed by atoms with Gasteiger partial charge in [-0.15, -0.1) is 0 Å². The number of hydrogen-bond acceptors (Lipinski definition) is 24. The lowest BCUT2D eigenvalue weighted by molar-refractivity contribution is -0.159. The number of hydrogen-bond donors (Lipinski definition) is 21. The Morgan fingerprint density at radius 1 is 0.624 bits per heavy atom. The summed E-state index contributed by atoms with van der Waals surface area (Å²) in [4.78, 5) is 278. The number of benzene rings is 1. The summed E-state index contributed by atoms with van der Waals surface area (Å²) in [5.74, 6) is -31.0. The number of para-hydroxylation sites is 1. The van der Waals surface area contributed by atoms with E-state index in [9.17, 15) is 117 Å². The summed E-state index contributed by atoms with van der Waals surface area (Å²) < 4.78 is 10.8. The zero-order chi connectivity index (χ0) is 88.1. The standard InChI is InChI=1S/C73H111N17O27/c1-9-11-12-13-14-15-16-24-48(92)80-44(29-39-32-77-41-22-18-17-21-40(39)41)65(106)83-43(25-26-51(95)96)64(105)88-57(59(101)61(76)102)70(111)87-56-38(6)117-73(115)55(35(3)10-2)86-69(110)54(36(4)28-52(97)98)85-67(108)45(30-47(75)91)81-49(93)33-78-68(109)58(60(116-8)72(113)114)89-63(104)42(23-19-20-27-74)82-66(107)46(31-53(99)100)84-62(103)37(5)79-50(94)34-90(7)71(56)112/h17-18,21-22,32,35-38,42-46,54-60,77,101H,9-16,19-20,23-31,33-34,74H2,1-8H3,(H2,75,91)(H2,76,102)(H,78,109)(H,79,94)(H,80,92)(H,81,93)(H,82,107)(H,83,106)(H,84,103)(H,85,108)(H,86,110)(H,87,111)(H,88,105)(H,89,104)(H,95,96)(H,97,98)(H,99,100)(H,113,114)/t35-,36+,37-,38+,42+,43+,44-,45+,46-,54-,55-,56-,57-,58-,59+,60+/m0/s1. The summed E-state index contributed by atoms with van der Waals surface area (Å²) in [6, 6.07) is -15.7. The van der Waals surface area contributed by atoms with Crippen LogP contribution in [0.2, 0.25) is 0 Å². The Balaban J connectivity index is 2.30. The normalized spacial score (nSPS) is 22.0. The second-order valence-corrected chi connectivity index (χ2v) is 28.4. The minimum atomic E-state index is -2.80. The number of rotatable bonds is 38. The van der Waals surface area contributed by atoms with E-state index >= 15 is 4.79 Å². The predicted molar refractivity (Wildman–Crippen MR) is 408 cm³/mol. The number of aromatic nitrogens is 1. The van der Waals surface area contributed by atoms with Crippen LogP contribution >= 0.6 is 0 Å². The van der Waals surface area contributed by atoms with Gasteiger partial charge in [0.05, 0.1) is 32.4 Å². The third-order valence-electron chi connectivity index (χ3n) is 19.0. The van der Waals surface area contributed by atoms with Crippen molar-refractivity contribution in [1.82, 2.24) is 73.7 Å². The van der Waals surface area contributed by atoms with Gasteiger partial charge in [-0.3, -0.25) is 86.3 Å². The monoisotopic (exact) mass is 1660 g/mol. The highest BCUT2D eigenvalue weighted by Gasteiger charge is 2.44. The zero-order valence-corrected chi connectivity index (χ0v) is 66.4. The van der Waals surface area contributed by atoms with Gasteiger partial charge in [0.25, 0.3) is 0 Å². The largest absolute Gasteiger partial charge is 0.481 e. The van der Waals surface area contributed by atoms with Crippen LogP contribution < -0.4 is 81.0 Å². The summed E-state index contributed by atoms with van der Waals surface area (Å²) in [6.07, 6.45) is -5.03. The summed E-state index contributed by atoms with van der Waals surface area (Å²) in [5, 5.41) is 78.4. The van der Waals surface area contributed by atoms with E-state index in [1.54, 1.807) is 30.5 Å². The molecule has 0 unspecified atom stereocenters. The number of nitrogens with two attached hydrogens (primary N) is 3. The molecule has 1 aromatic heterocycles. The number of aliphatic hydroxyl groups excluding tert-OH is 1. The van der Waals surface area contributed by atoms with E-state index in [1.807, 2.05) is 10.6 Å². The van der Waals surface area contributed by atoms with Gasteiger partial charge in [-0.25, -0.2) is 9.59 Å². The molecule has 0 bridgehead atoms. The molecule has 0 spiro atoms. The van der Waals surface area contributed by atoms with Crippen molar-refractivity contribution in [2.75, 3.05) is 33.8 Å². The van der Waals surface area contributed by atoms with Gasteiger partial charge in [0, 0.05) is 50.5 Å². The number of aliphatic carboxylic acids is 4. The number of ether oxygens (including phenoxy) is 2. The van der Waals surface area contributed by atoms with Crippen LogP contribution in [0.1, 0.15) is 156 Å². The van der Waals surface area contributed by atoms with E-state index in [2.05, 4.69) is 65.1 Å². The average Bonchev–Trinajstić information content (AvgIpc) is 1.76. The van der Waals surface area contributed by atoms with Crippen molar-refractivity contribution in [3.63, 3.8) is 0 Å². The van der Waals surface area contributed by atoms with Gasteiger partial charge in [0.15, 0.2) is 12.2 Å². The number of carbonyl (C=O) groups is 20. The molecule has 1 aliphatic heterocycles. The molecule has 650 valence electrons. The molecule has 1 aromatic carbocycles. The van der Waals surface area contributed by atoms with Crippen molar-refractivity contribution in [2.45, 2.75) is 242 Å². The van der Waals surface area contributed by atoms with Gasteiger partial charge < -0.3 is 126 Å². The van der Waals surface area contributed by atoms with Crippen LogP contribution in [0, 0.1) is 11.8 Å². The van der Waals surface area contributed by atoms with Gasteiger partial charge in [-0.2, -0.15) is 0 Å².